The average Bonchev–Trinajstić information content (AvgIpc) is 3.14. The number of hydrogen-bond acceptors (Lipinski definition) is 4. The SMILES string of the molecule is CCC(NCCc1ccc2c(c1)CCO2)c1nccs1. The van der Waals surface area contributed by atoms with Crippen LogP contribution in [0.5, 0.6) is 5.75 Å². The molecule has 1 unspecified atom stereocenters. The van der Waals surface area contributed by atoms with E-state index in [1.54, 1.807) is 11.3 Å². The molecule has 0 saturated heterocycles. The molecular formula is C16H20N2OS. The molecule has 3 nitrogen and oxygen atoms in total. The van der Waals surface area contributed by atoms with Gasteiger partial charge in [-0.1, -0.05) is 19.1 Å². The summed E-state index contributed by atoms with van der Waals surface area (Å²) < 4.78 is 5.54. The number of thiazole rings is 1. The maximum absolute atomic E-state index is 5.54. The van der Waals surface area contributed by atoms with Crippen molar-refractivity contribution in [1.82, 2.24) is 10.3 Å². The minimum Gasteiger partial charge on any atom is -0.493 e. The summed E-state index contributed by atoms with van der Waals surface area (Å²) in [5.74, 6) is 1.07. The van der Waals surface area contributed by atoms with Crippen molar-refractivity contribution in [2.24, 2.45) is 0 Å². The van der Waals surface area contributed by atoms with E-state index < -0.39 is 0 Å². The Morgan fingerprint density at radius 3 is 3.20 bits per heavy atom. The third-order valence-corrected chi connectivity index (χ3v) is 4.61. The second-order valence-electron chi connectivity index (χ2n) is 5.08. The molecular weight excluding hydrogens is 268 g/mol. The van der Waals surface area contributed by atoms with Gasteiger partial charge in [0.25, 0.3) is 0 Å². The number of hydrogen-bond donors (Lipinski definition) is 1. The van der Waals surface area contributed by atoms with Crippen LogP contribution >= 0.6 is 11.3 Å². The molecule has 1 N–H and O–H groups in total. The van der Waals surface area contributed by atoms with Crippen LogP contribution in [0.15, 0.2) is 29.8 Å². The molecule has 4 heteroatoms. The zero-order chi connectivity index (χ0) is 13.8. The number of nitrogens with one attached hydrogen (secondary N) is 1. The smallest absolute Gasteiger partial charge is 0.122 e. The van der Waals surface area contributed by atoms with E-state index in [0.29, 0.717) is 6.04 Å². The first-order valence-corrected chi connectivity index (χ1v) is 8.12. The predicted molar refractivity (Wildman–Crippen MR) is 82.5 cm³/mol. The third kappa shape index (κ3) is 3.02. The van der Waals surface area contributed by atoms with Crippen LogP contribution in [-0.2, 0) is 12.8 Å². The Morgan fingerprint density at radius 1 is 1.45 bits per heavy atom. The number of benzene rings is 1. The number of aromatic nitrogens is 1. The van der Waals surface area contributed by atoms with Gasteiger partial charge in [-0.2, -0.15) is 0 Å². The molecule has 1 atom stereocenters. The van der Waals surface area contributed by atoms with E-state index in [0.717, 1.165) is 38.2 Å². The highest BCUT2D eigenvalue weighted by Gasteiger charge is 2.13. The third-order valence-electron chi connectivity index (χ3n) is 3.72. The van der Waals surface area contributed by atoms with Crippen LogP contribution in [0.1, 0.15) is 35.5 Å². The summed E-state index contributed by atoms with van der Waals surface area (Å²) in [4.78, 5) is 4.40. The fraction of sp³-hybridized carbons (Fsp3) is 0.438. The van der Waals surface area contributed by atoms with Crippen molar-refractivity contribution < 1.29 is 4.74 Å². The lowest BCUT2D eigenvalue weighted by Crippen LogP contribution is -2.23. The van der Waals surface area contributed by atoms with Crippen LogP contribution in [-0.4, -0.2) is 18.1 Å². The van der Waals surface area contributed by atoms with Crippen LogP contribution in [0, 0.1) is 0 Å². The van der Waals surface area contributed by atoms with Gasteiger partial charge in [0.05, 0.1) is 12.6 Å². The Hall–Kier alpha value is -1.39. The Morgan fingerprint density at radius 2 is 2.40 bits per heavy atom. The first-order valence-electron chi connectivity index (χ1n) is 7.24. The molecule has 2 aromatic rings. The van der Waals surface area contributed by atoms with Gasteiger partial charge in [0.1, 0.15) is 10.8 Å². The highest BCUT2D eigenvalue weighted by atomic mass is 32.1. The standard InChI is InChI=1S/C16H20N2OS/c1-2-14(16-18-8-10-20-16)17-7-5-12-3-4-15-13(11-12)6-9-19-15/h3-4,8,10-11,14,17H,2,5-7,9H2,1H3. The summed E-state index contributed by atoms with van der Waals surface area (Å²) in [5.41, 5.74) is 2.74. The first-order chi connectivity index (χ1) is 9.86. The summed E-state index contributed by atoms with van der Waals surface area (Å²) >= 11 is 1.73. The van der Waals surface area contributed by atoms with Crippen LogP contribution in [0.3, 0.4) is 0 Å². The van der Waals surface area contributed by atoms with Crippen molar-refractivity contribution in [3.05, 3.63) is 45.9 Å². The zero-order valence-electron chi connectivity index (χ0n) is 11.8. The second kappa shape index (κ2) is 6.37. The lowest BCUT2D eigenvalue weighted by atomic mass is 10.1. The first kappa shape index (κ1) is 13.6. The van der Waals surface area contributed by atoms with Crippen LogP contribution < -0.4 is 10.1 Å². The molecule has 20 heavy (non-hydrogen) atoms. The van der Waals surface area contributed by atoms with Crippen LogP contribution in [0.4, 0.5) is 0 Å². The van der Waals surface area contributed by atoms with Gasteiger partial charge in [0.2, 0.25) is 0 Å². The van der Waals surface area contributed by atoms with E-state index in [9.17, 15) is 0 Å². The Bertz CT molecular complexity index is 554. The van der Waals surface area contributed by atoms with Gasteiger partial charge in [-0.15, -0.1) is 11.3 Å². The molecule has 1 aliphatic heterocycles. The highest BCUT2D eigenvalue weighted by Crippen LogP contribution is 2.26. The molecule has 0 aliphatic carbocycles. The predicted octanol–water partition coefficient (Wildman–Crippen LogP) is 3.36. The van der Waals surface area contributed by atoms with Gasteiger partial charge in [0, 0.05) is 18.0 Å². The Kier molecular flexibility index (Phi) is 4.33. The lowest BCUT2D eigenvalue weighted by Gasteiger charge is -2.14. The van der Waals surface area contributed by atoms with Gasteiger partial charge >= 0.3 is 0 Å². The van der Waals surface area contributed by atoms with Crippen molar-refractivity contribution in [3.8, 4) is 5.75 Å². The molecule has 0 spiro atoms. The summed E-state index contributed by atoms with van der Waals surface area (Å²) in [6.45, 7) is 4.02. The maximum atomic E-state index is 5.54. The fourth-order valence-corrected chi connectivity index (χ4v) is 3.40. The quantitative estimate of drug-likeness (QED) is 0.885. The molecule has 3 rings (SSSR count). The van der Waals surface area contributed by atoms with E-state index in [2.05, 4.69) is 35.4 Å². The van der Waals surface area contributed by atoms with Crippen molar-refractivity contribution >= 4 is 11.3 Å². The molecule has 1 aromatic carbocycles. The fourth-order valence-electron chi connectivity index (χ4n) is 2.60. The van der Waals surface area contributed by atoms with E-state index in [-0.39, 0.29) is 0 Å². The zero-order valence-corrected chi connectivity index (χ0v) is 12.6. The Labute approximate surface area is 124 Å². The number of rotatable bonds is 6. The van der Waals surface area contributed by atoms with Crippen molar-refractivity contribution in [1.29, 1.82) is 0 Å². The summed E-state index contributed by atoms with van der Waals surface area (Å²) in [6, 6.07) is 6.95. The van der Waals surface area contributed by atoms with Crippen molar-refractivity contribution in [2.75, 3.05) is 13.2 Å². The van der Waals surface area contributed by atoms with E-state index in [1.807, 2.05) is 11.6 Å². The summed E-state index contributed by atoms with van der Waals surface area (Å²) in [7, 11) is 0. The lowest BCUT2D eigenvalue weighted by molar-refractivity contribution is 0.357. The molecule has 0 amide bonds. The Balaban J connectivity index is 1.54. The van der Waals surface area contributed by atoms with Crippen molar-refractivity contribution in [2.45, 2.75) is 32.2 Å². The largest absolute Gasteiger partial charge is 0.493 e. The van der Waals surface area contributed by atoms with Gasteiger partial charge in [-0.05, 0) is 36.6 Å². The summed E-state index contributed by atoms with van der Waals surface area (Å²) in [6.07, 6.45) is 5.05. The molecule has 0 fully saturated rings. The molecule has 0 saturated carbocycles. The highest BCUT2D eigenvalue weighted by molar-refractivity contribution is 7.09. The topological polar surface area (TPSA) is 34.1 Å². The van der Waals surface area contributed by atoms with E-state index >= 15 is 0 Å². The van der Waals surface area contributed by atoms with Crippen LogP contribution in [0.2, 0.25) is 0 Å². The second-order valence-corrected chi connectivity index (χ2v) is 6.00. The van der Waals surface area contributed by atoms with Crippen LogP contribution in [0.25, 0.3) is 0 Å². The van der Waals surface area contributed by atoms with Gasteiger partial charge in [0.15, 0.2) is 0 Å². The number of fused-ring (bicyclic) bond motifs is 1. The van der Waals surface area contributed by atoms with E-state index in [1.165, 1.54) is 16.1 Å². The number of ether oxygens (including phenoxy) is 1. The molecule has 1 aromatic heterocycles. The maximum Gasteiger partial charge on any atom is 0.122 e. The van der Waals surface area contributed by atoms with Gasteiger partial charge in [-0.3, -0.25) is 0 Å². The molecule has 0 radical (unpaired) electrons. The van der Waals surface area contributed by atoms with Gasteiger partial charge in [-0.25, -0.2) is 4.98 Å². The average molecular weight is 288 g/mol. The molecule has 0 bridgehead atoms. The van der Waals surface area contributed by atoms with E-state index in [4.69, 9.17) is 4.74 Å². The molecule has 2 heterocycles. The normalized spacial score (nSPS) is 14.8. The minimum absolute atomic E-state index is 0.382. The molecule has 1 aliphatic rings. The van der Waals surface area contributed by atoms with Gasteiger partial charge < -0.3 is 10.1 Å². The number of nitrogens with zero attached hydrogens (tertiary/aromatic N) is 1. The monoisotopic (exact) mass is 288 g/mol. The van der Waals surface area contributed by atoms with Crippen molar-refractivity contribution in [3.63, 3.8) is 0 Å². The molecule has 106 valence electrons. The minimum atomic E-state index is 0.382. The summed E-state index contributed by atoms with van der Waals surface area (Å²) in [5, 5.41) is 6.84.